The molecule has 2 aromatic rings. The number of ether oxygens (including phenoxy) is 1. The van der Waals surface area contributed by atoms with Gasteiger partial charge < -0.3 is 10.1 Å². The lowest BCUT2D eigenvalue weighted by Gasteiger charge is -2.19. The van der Waals surface area contributed by atoms with E-state index in [1.807, 2.05) is 10.9 Å². The van der Waals surface area contributed by atoms with Crippen LogP contribution >= 0.6 is 11.3 Å². The molecule has 11 nitrogen and oxygen atoms in total. The molecule has 1 aromatic carbocycles. The van der Waals surface area contributed by atoms with Gasteiger partial charge in [0.15, 0.2) is 5.13 Å². The minimum absolute atomic E-state index is 0.207. The van der Waals surface area contributed by atoms with E-state index in [0.717, 1.165) is 0 Å². The van der Waals surface area contributed by atoms with Gasteiger partial charge in [0.2, 0.25) is 5.91 Å². The smallest absolute Gasteiger partial charge is 0.426 e. The molecule has 0 saturated heterocycles. The van der Waals surface area contributed by atoms with Gasteiger partial charge in [-0.25, -0.2) is 25.4 Å². The van der Waals surface area contributed by atoms with Crippen LogP contribution in [0.2, 0.25) is 0 Å². The molecular weight excluding hydrogens is 424 g/mol. The normalized spacial score (nSPS) is 11.0. The Kier molecular flexibility index (Phi) is 7.80. The Balaban J connectivity index is 1.85. The standard InChI is InChI=1S/C19H22N6O5S/c1-11(26)21-17-22-14(10-31-17)9-20-13-7-5-12(6-8-13)15(27)23-16(28)24-25-18(29)30-19(2,3)4/h5-10H,1-4H3,(H,25,29)(H,21,22,26)(H2,23,24,27,28). The van der Waals surface area contributed by atoms with Gasteiger partial charge in [-0.2, -0.15) is 0 Å². The lowest BCUT2D eigenvalue weighted by molar-refractivity contribution is -0.114. The number of nitrogens with one attached hydrogen (secondary N) is 4. The number of carbonyl (C=O) groups excluding carboxylic acids is 4. The highest BCUT2D eigenvalue weighted by atomic mass is 32.1. The van der Waals surface area contributed by atoms with E-state index in [-0.39, 0.29) is 11.5 Å². The predicted octanol–water partition coefficient (Wildman–Crippen LogP) is 2.73. The number of urea groups is 1. The minimum atomic E-state index is -0.920. The van der Waals surface area contributed by atoms with Crippen molar-refractivity contribution in [3.63, 3.8) is 0 Å². The highest BCUT2D eigenvalue weighted by molar-refractivity contribution is 7.14. The van der Waals surface area contributed by atoms with E-state index in [1.165, 1.54) is 36.6 Å². The van der Waals surface area contributed by atoms with Crippen LogP contribution in [-0.4, -0.2) is 40.7 Å². The lowest BCUT2D eigenvalue weighted by Crippen LogP contribution is -2.49. The molecule has 0 radical (unpaired) electrons. The molecular formula is C19H22N6O5S. The fourth-order valence-corrected chi connectivity index (χ4v) is 2.72. The maximum absolute atomic E-state index is 12.1. The molecule has 0 aliphatic carbocycles. The average Bonchev–Trinajstić information content (AvgIpc) is 3.10. The summed E-state index contributed by atoms with van der Waals surface area (Å²) in [6, 6.07) is 5.23. The number of hydrazine groups is 1. The van der Waals surface area contributed by atoms with Gasteiger partial charge >= 0.3 is 12.1 Å². The number of hydrogen-bond acceptors (Lipinski definition) is 8. The van der Waals surface area contributed by atoms with Crippen molar-refractivity contribution in [3.8, 4) is 0 Å². The maximum atomic E-state index is 12.1. The van der Waals surface area contributed by atoms with Crippen molar-refractivity contribution in [1.82, 2.24) is 21.2 Å². The Morgan fingerprint density at radius 1 is 1.10 bits per heavy atom. The van der Waals surface area contributed by atoms with Gasteiger partial charge in [0.05, 0.1) is 17.6 Å². The first kappa shape index (κ1) is 23.5. The Bertz CT molecular complexity index is 994. The summed E-state index contributed by atoms with van der Waals surface area (Å²) in [6.07, 6.45) is 0.661. The number of benzene rings is 1. The fourth-order valence-electron chi connectivity index (χ4n) is 2.01. The Hall–Kier alpha value is -3.80. The van der Waals surface area contributed by atoms with Gasteiger partial charge in [0.25, 0.3) is 5.91 Å². The Morgan fingerprint density at radius 3 is 2.39 bits per heavy atom. The van der Waals surface area contributed by atoms with Gasteiger partial charge in [-0.05, 0) is 45.0 Å². The number of anilines is 1. The molecule has 31 heavy (non-hydrogen) atoms. The summed E-state index contributed by atoms with van der Waals surface area (Å²) in [7, 11) is 0. The number of aliphatic imine (C=N–C) groups is 1. The number of imide groups is 1. The lowest BCUT2D eigenvalue weighted by atomic mass is 10.2. The van der Waals surface area contributed by atoms with Crippen LogP contribution in [0.25, 0.3) is 0 Å². The van der Waals surface area contributed by atoms with Crippen LogP contribution in [-0.2, 0) is 9.53 Å². The third-order valence-corrected chi connectivity index (χ3v) is 3.96. The summed E-state index contributed by atoms with van der Waals surface area (Å²) in [4.78, 5) is 54.7. The van der Waals surface area contributed by atoms with E-state index in [9.17, 15) is 19.2 Å². The molecule has 0 saturated carbocycles. The van der Waals surface area contributed by atoms with Crippen molar-refractivity contribution >= 4 is 52.3 Å². The number of aromatic nitrogens is 1. The second-order valence-corrected chi connectivity index (χ2v) is 7.96. The topological polar surface area (TPSA) is 151 Å². The summed E-state index contributed by atoms with van der Waals surface area (Å²) in [6.45, 7) is 6.41. The van der Waals surface area contributed by atoms with Crippen LogP contribution in [0.15, 0.2) is 34.6 Å². The Morgan fingerprint density at radius 2 is 1.77 bits per heavy atom. The first-order chi connectivity index (χ1) is 14.5. The summed E-state index contributed by atoms with van der Waals surface area (Å²) < 4.78 is 4.95. The molecule has 164 valence electrons. The van der Waals surface area contributed by atoms with E-state index in [4.69, 9.17) is 4.74 Å². The quantitative estimate of drug-likeness (QED) is 0.419. The van der Waals surface area contributed by atoms with Crippen LogP contribution in [0, 0.1) is 0 Å². The minimum Gasteiger partial charge on any atom is -0.443 e. The van der Waals surface area contributed by atoms with Gasteiger partial charge in [-0.1, -0.05) is 0 Å². The van der Waals surface area contributed by atoms with E-state index in [2.05, 4.69) is 20.6 Å². The zero-order chi connectivity index (χ0) is 23.0. The van der Waals surface area contributed by atoms with Gasteiger partial charge in [0.1, 0.15) is 5.60 Å². The molecule has 0 bridgehead atoms. The molecule has 0 unspecified atom stereocenters. The monoisotopic (exact) mass is 446 g/mol. The van der Waals surface area contributed by atoms with Crippen LogP contribution in [0.1, 0.15) is 43.7 Å². The van der Waals surface area contributed by atoms with Crippen LogP contribution in [0.5, 0.6) is 0 Å². The number of thiazole rings is 1. The van der Waals surface area contributed by atoms with Crippen molar-refractivity contribution in [2.75, 3.05) is 5.32 Å². The molecule has 1 aromatic heterocycles. The Labute approximate surface area is 182 Å². The molecule has 0 aliphatic rings. The second kappa shape index (κ2) is 10.3. The first-order valence-electron chi connectivity index (χ1n) is 8.99. The maximum Gasteiger partial charge on any atom is 0.426 e. The van der Waals surface area contributed by atoms with Crippen molar-refractivity contribution in [2.24, 2.45) is 4.99 Å². The SMILES string of the molecule is CC(=O)Nc1nc(C=Nc2ccc(C(=O)NC(=O)NNC(=O)OC(C)(C)C)cc2)cs1. The molecule has 0 fully saturated rings. The molecule has 12 heteroatoms. The van der Waals surface area contributed by atoms with Crippen LogP contribution in [0.3, 0.4) is 0 Å². The number of hydrogen-bond donors (Lipinski definition) is 4. The van der Waals surface area contributed by atoms with E-state index < -0.39 is 23.6 Å². The summed E-state index contributed by atoms with van der Waals surface area (Å²) >= 11 is 1.27. The largest absolute Gasteiger partial charge is 0.443 e. The summed E-state index contributed by atoms with van der Waals surface area (Å²) in [5.74, 6) is -0.875. The zero-order valence-corrected chi connectivity index (χ0v) is 18.1. The fraction of sp³-hybridized carbons (Fsp3) is 0.263. The van der Waals surface area contributed by atoms with Crippen LogP contribution < -0.4 is 21.5 Å². The van der Waals surface area contributed by atoms with Gasteiger partial charge in [-0.15, -0.1) is 11.3 Å². The molecule has 0 spiro atoms. The molecule has 4 N–H and O–H groups in total. The van der Waals surface area contributed by atoms with E-state index in [0.29, 0.717) is 16.5 Å². The zero-order valence-electron chi connectivity index (χ0n) is 17.3. The number of amides is 5. The van der Waals surface area contributed by atoms with Crippen molar-refractivity contribution in [1.29, 1.82) is 0 Å². The third kappa shape index (κ3) is 8.62. The highest BCUT2D eigenvalue weighted by Crippen LogP contribution is 2.16. The summed E-state index contributed by atoms with van der Waals surface area (Å²) in [5.41, 5.74) is 4.66. The number of nitrogens with zero attached hydrogens (tertiary/aromatic N) is 2. The van der Waals surface area contributed by atoms with Crippen molar-refractivity contribution in [3.05, 3.63) is 40.9 Å². The third-order valence-electron chi connectivity index (χ3n) is 3.18. The van der Waals surface area contributed by atoms with Gasteiger partial charge in [-0.3, -0.25) is 19.9 Å². The molecule has 0 atom stereocenters. The summed E-state index contributed by atoms with van der Waals surface area (Å²) in [5, 5.41) is 6.86. The van der Waals surface area contributed by atoms with E-state index >= 15 is 0 Å². The predicted molar refractivity (Wildman–Crippen MR) is 115 cm³/mol. The van der Waals surface area contributed by atoms with Crippen LogP contribution in [0.4, 0.5) is 20.4 Å². The van der Waals surface area contributed by atoms with Crippen molar-refractivity contribution < 1.29 is 23.9 Å². The molecule has 1 heterocycles. The average molecular weight is 446 g/mol. The van der Waals surface area contributed by atoms with E-state index in [1.54, 1.807) is 38.3 Å². The van der Waals surface area contributed by atoms with Gasteiger partial charge in [0, 0.05) is 17.9 Å². The molecule has 2 rings (SSSR count). The molecule has 0 aliphatic heterocycles. The number of rotatable bonds is 4. The highest BCUT2D eigenvalue weighted by Gasteiger charge is 2.17. The van der Waals surface area contributed by atoms with Crippen molar-refractivity contribution in [2.45, 2.75) is 33.3 Å². The molecule has 5 amide bonds. The number of carbonyl (C=O) groups is 4. The first-order valence-corrected chi connectivity index (χ1v) is 9.87. The second-order valence-electron chi connectivity index (χ2n) is 7.10.